The van der Waals surface area contributed by atoms with Crippen LogP contribution in [0.15, 0.2) is 48.8 Å². The van der Waals surface area contributed by atoms with Gasteiger partial charge in [0.25, 0.3) is 5.91 Å². The van der Waals surface area contributed by atoms with E-state index in [0.717, 1.165) is 12.1 Å². The van der Waals surface area contributed by atoms with Gasteiger partial charge in [0.05, 0.1) is 0 Å². The molecule has 0 radical (unpaired) electrons. The molecule has 0 saturated heterocycles. The lowest BCUT2D eigenvalue weighted by Gasteiger charge is -2.13. The predicted molar refractivity (Wildman–Crippen MR) is 107 cm³/mol. The first-order chi connectivity index (χ1) is 13.4. The van der Waals surface area contributed by atoms with Crippen LogP contribution < -0.4 is 10.6 Å². The van der Waals surface area contributed by atoms with Crippen molar-refractivity contribution in [2.75, 3.05) is 10.6 Å². The second-order valence-electron chi connectivity index (χ2n) is 7.06. The molecular formula is C20H24N6O2. The average Bonchev–Trinajstić information content (AvgIpc) is 3.32. The van der Waals surface area contributed by atoms with Crippen LogP contribution in [0.5, 0.6) is 0 Å². The van der Waals surface area contributed by atoms with Gasteiger partial charge in [0.15, 0.2) is 5.69 Å². The van der Waals surface area contributed by atoms with Crippen molar-refractivity contribution in [1.82, 2.24) is 20.0 Å². The maximum absolute atomic E-state index is 12.4. The van der Waals surface area contributed by atoms with Gasteiger partial charge in [0, 0.05) is 29.5 Å². The van der Waals surface area contributed by atoms with Crippen molar-refractivity contribution in [3.05, 3.63) is 60.2 Å². The van der Waals surface area contributed by atoms with Crippen molar-refractivity contribution < 1.29 is 9.59 Å². The summed E-state index contributed by atoms with van der Waals surface area (Å²) in [7, 11) is 0. The van der Waals surface area contributed by atoms with E-state index in [1.807, 2.05) is 0 Å². The van der Waals surface area contributed by atoms with E-state index in [9.17, 15) is 9.59 Å². The van der Waals surface area contributed by atoms with Crippen LogP contribution in [0.25, 0.3) is 0 Å². The van der Waals surface area contributed by atoms with E-state index in [1.165, 1.54) is 0 Å². The third-order valence-corrected chi connectivity index (χ3v) is 4.18. The number of amides is 2. The van der Waals surface area contributed by atoms with E-state index in [4.69, 9.17) is 0 Å². The number of rotatable bonds is 7. The summed E-state index contributed by atoms with van der Waals surface area (Å²) in [6.07, 6.45) is 4.19. The van der Waals surface area contributed by atoms with Crippen LogP contribution >= 0.6 is 0 Å². The third kappa shape index (κ3) is 4.85. The average molecular weight is 380 g/mol. The fourth-order valence-electron chi connectivity index (χ4n) is 2.77. The van der Waals surface area contributed by atoms with Crippen LogP contribution in [0, 0.1) is 5.92 Å². The molecule has 8 heteroatoms. The molecule has 0 aliphatic carbocycles. The van der Waals surface area contributed by atoms with Crippen LogP contribution in [0.3, 0.4) is 0 Å². The Kier molecular flexibility index (Phi) is 5.88. The fraction of sp³-hybridized carbons (Fsp3) is 0.300. The van der Waals surface area contributed by atoms with Gasteiger partial charge in [-0.1, -0.05) is 19.9 Å². The van der Waals surface area contributed by atoms with Crippen LogP contribution in [-0.4, -0.2) is 31.8 Å². The molecule has 0 aliphatic rings. The summed E-state index contributed by atoms with van der Waals surface area (Å²) >= 11 is 0. The van der Waals surface area contributed by atoms with Crippen molar-refractivity contribution in [2.45, 2.75) is 33.2 Å². The van der Waals surface area contributed by atoms with Crippen LogP contribution in [0.2, 0.25) is 0 Å². The Morgan fingerprint density at radius 1 is 1.11 bits per heavy atom. The van der Waals surface area contributed by atoms with Crippen molar-refractivity contribution >= 4 is 23.2 Å². The number of hydrogen-bond donors (Lipinski definition) is 3. The SMILES string of the molecule is CC(C)Cc1cc(C(=O)Nc2cccc(NC(=O)[C@H](C)n3cccn3)c2)n[nH]1. The molecule has 0 bridgehead atoms. The topological polar surface area (TPSA) is 105 Å². The zero-order valence-electron chi connectivity index (χ0n) is 16.1. The summed E-state index contributed by atoms with van der Waals surface area (Å²) in [5.74, 6) is -0.0294. The number of carbonyl (C=O) groups excluding carboxylic acids is 2. The number of benzene rings is 1. The molecule has 28 heavy (non-hydrogen) atoms. The van der Waals surface area contributed by atoms with Gasteiger partial charge in [-0.25, -0.2) is 0 Å². The molecule has 1 atom stereocenters. The number of carbonyl (C=O) groups is 2. The summed E-state index contributed by atoms with van der Waals surface area (Å²) in [6, 6.07) is 10.1. The summed E-state index contributed by atoms with van der Waals surface area (Å²) in [5, 5.41) is 16.7. The molecule has 3 rings (SSSR count). The van der Waals surface area contributed by atoms with Crippen molar-refractivity contribution in [3.63, 3.8) is 0 Å². The maximum Gasteiger partial charge on any atom is 0.276 e. The minimum atomic E-state index is -0.448. The lowest BCUT2D eigenvalue weighted by Crippen LogP contribution is -2.24. The number of H-pyrrole nitrogens is 1. The Morgan fingerprint density at radius 3 is 2.54 bits per heavy atom. The molecule has 0 spiro atoms. The number of nitrogens with zero attached hydrogens (tertiary/aromatic N) is 3. The lowest BCUT2D eigenvalue weighted by molar-refractivity contribution is -0.119. The standard InChI is InChI=1S/C20H24N6O2/c1-13(2)10-17-12-18(25-24-17)20(28)23-16-7-4-6-15(11-16)22-19(27)14(3)26-9-5-8-21-26/h4-9,11-14H,10H2,1-3H3,(H,22,27)(H,23,28)(H,24,25)/t14-/m0/s1. The quantitative estimate of drug-likeness (QED) is 0.585. The molecule has 3 aromatic rings. The molecule has 2 heterocycles. The molecule has 0 saturated carbocycles. The first kappa shape index (κ1) is 19.3. The van der Waals surface area contributed by atoms with Gasteiger partial charge in [0.1, 0.15) is 6.04 Å². The second-order valence-corrected chi connectivity index (χ2v) is 7.06. The maximum atomic E-state index is 12.4. The van der Waals surface area contributed by atoms with E-state index < -0.39 is 6.04 Å². The Morgan fingerprint density at radius 2 is 1.86 bits per heavy atom. The Labute approximate surface area is 163 Å². The van der Waals surface area contributed by atoms with Crippen LogP contribution in [-0.2, 0) is 11.2 Å². The number of nitrogens with one attached hydrogen (secondary N) is 3. The minimum absolute atomic E-state index is 0.196. The van der Waals surface area contributed by atoms with Crippen molar-refractivity contribution in [3.8, 4) is 0 Å². The van der Waals surface area contributed by atoms with Gasteiger partial charge < -0.3 is 10.6 Å². The van der Waals surface area contributed by atoms with E-state index in [-0.39, 0.29) is 11.8 Å². The molecule has 8 nitrogen and oxygen atoms in total. The molecule has 0 unspecified atom stereocenters. The molecule has 0 aliphatic heterocycles. The number of anilines is 2. The summed E-state index contributed by atoms with van der Waals surface area (Å²) < 4.78 is 1.58. The summed E-state index contributed by atoms with van der Waals surface area (Å²) in [6.45, 7) is 5.97. The molecule has 3 N–H and O–H groups in total. The third-order valence-electron chi connectivity index (χ3n) is 4.18. The number of aromatic amines is 1. The van der Waals surface area contributed by atoms with Crippen LogP contribution in [0.4, 0.5) is 11.4 Å². The fourth-order valence-corrected chi connectivity index (χ4v) is 2.77. The zero-order chi connectivity index (χ0) is 20.1. The summed E-state index contributed by atoms with van der Waals surface area (Å²) in [5.41, 5.74) is 2.42. The van der Waals surface area contributed by atoms with E-state index >= 15 is 0 Å². The molecule has 146 valence electrons. The minimum Gasteiger partial charge on any atom is -0.324 e. The van der Waals surface area contributed by atoms with Gasteiger partial charge >= 0.3 is 0 Å². The lowest BCUT2D eigenvalue weighted by atomic mass is 10.1. The van der Waals surface area contributed by atoms with Gasteiger partial charge in [-0.15, -0.1) is 0 Å². The smallest absolute Gasteiger partial charge is 0.276 e. The molecular weight excluding hydrogens is 356 g/mol. The van der Waals surface area contributed by atoms with E-state index in [1.54, 1.807) is 60.4 Å². The molecule has 2 aromatic heterocycles. The highest BCUT2D eigenvalue weighted by Crippen LogP contribution is 2.18. The highest BCUT2D eigenvalue weighted by molar-refractivity contribution is 6.03. The van der Waals surface area contributed by atoms with Gasteiger partial charge in [0.2, 0.25) is 5.91 Å². The van der Waals surface area contributed by atoms with Gasteiger partial charge in [-0.3, -0.25) is 19.4 Å². The molecule has 0 fully saturated rings. The second kappa shape index (κ2) is 8.51. The Bertz CT molecular complexity index is 945. The molecule has 2 amide bonds. The monoisotopic (exact) mass is 380 g/mol. The highest BCUT2D eigenvalue weighted by Gasteiger charge is 2.16. The Hall–Kier alpha value is -3.42. The number of hydrogen-bond acceptors (Lipinski definition) is 4. The van der Waals surface area contributed by atoms with Crippen molar-refractivity contribution in [2.24, 2.45) is 5.92 Å². The van der Waals surface area contributed by atoms with E-state index in [0.29, 0.717) is 23.0 Å². The van der Waals surface area contributed by atoms with E-state index in [2.05, 4.69) is 39.8 Å². The predicted octanol–water partition coefficient (Wildman–Crippen LogP) is 3.26. The zero-order valence-corrected chi connectivity index (χ0v) is 16.1. The van der Waals surface area contributed by atoms with Crippen LogP contribution in [0.1, 0.15) is 43.0 Å². The first-order valence-electron chi connectivity index (χ1n) is 9.18. The highest BCUT2D eigenvalue weighted by atomic mass is 16.2. The summed E-state index contributed by atoms with van der Waals surface area (Å²) in [4.78, 5) is 24.8. The van der Waals surface area contributed by atoms with Crippen molar-refractivity contribution in [1.29, 1.82) is 0 Å². The van der Waals surface area contributed by atoms with Gasteiger partial charge in [-0.05, 0) is 49.6 Å². The Balaban J connectivity index is 1.63. The first-order valence-corrected chi connectivity index (χ1v) is 9.18. The number of aromatic nitrogens is 4. The normalized spacial score (nSPS) is 12.0. The molecule has 1 aromatic carbocycles. The largest absolute Gasteiger partial charge is 0.324 e. The van der Waals surface area contributed by atoms with Gasteiger partial charge in [-0.2, -0.15) is 10.2 Å².